The predicted octanol–water partition coefficient (Wildman–Crippen LogP) is 6.51. The van der Waals surface area contributed by atoms with Gasteiger partial charge < -0.3 is 13.9 Å². The van der Waals surface area contributed by atoms with Crippen LogP contribution in [0.3, 0.4) is 0 Å². The summed E-state index contributed by atoms with van der Waals surface area (Å²) in [6, 6.07) is 12.2. The Hall–Kier alpha value is -2.27. The maximum atomic E-state index is 12.4. The van der Waals surface area contributed by atoms with Crippen LogP contribution in [-0.4, -0.2) is 24.3 Å². The lowest BCUT2D eigenvalue weighted by molar-refractivity contribution is 0.101. The third-order valence-corrected chi connectivity index (χ3v) is 5.47. The number of ether oxygens (including phenoxy) is 2. The molecule has 0 spiro atoms. The molecule has 4 nitrogen and oxygen atoms in total. The third-order valence-electron chi connectivity index (χ3n) is 4.91. The van der Waals surface area contributed by atoms with Crippen LogP contribution in [0.5, 0.6) is 11.5 Å². The maximum absolute atomic E-state index is 12.4. The SMILES string of the molecule is CC(=O)c1c(OCCCCBr)c(OCCCc2ccccc2)c2occc2c1C. The molecule has 1 heterocycles. The van der Waals surface area contributed by atoms with Gasteiger partial charge in [0.2, 0.25) is 5.75 Å². The van der Waals surface area contributed by atoms with Gasteiger partial charge in [-0.15, -0.1) is 0 Å². The van der Waals surface area contributed by atoms with Gasteiger partial charge in [-0.05, 0) is 56.7 Å². The molecule has 0 aliphatic heterocycles. The largest absolute Gasteiger partial charge is 0.489 e. The second kappa shape index (κ2) is 10.5. The van der Waals surface area contributed by atoms with Crippen molar-refractivity contribution in [2.75, 3.05) is 18.5 Å². The highest BCUT2D eigenvalue weighted by atomic mass is 79.9. The quantitative estimate of drug-likeness (QED) is 0.186. The van der Waals surface area contributed by atoms with Crippen LogP contribution in [0.4, 0.5) is 0 Å². The Labute approximate surface area is 180 Å². The first-order valence-electron chi connectivity index (χ1n) is 10.0. The number of carbonyl (C=O) groups is 1. The van der Waals surface area contributed by atoms with Crippen LogP contribution >= 0.6 is 15.9 Å². The van der Waals surface area contributed by atoms with Crippen molar-refractivity contribution in [1.82, 2.24) is 0 Å². The van der Waals surface area contributed by atoms with Crippen LogP contribution in [0.1, 0.15) is 47.7 Å². The Balaban J connectivity index is 1.85. The summed E-state index contributed by atoms with van der Waals surface area (Å²) in [7, 11) is 0. The minimum absolute atomic E-state index is 0.0322. The first-order chi connectivity index (χ1) is 14.1. The van der Waals surface area contributed by atoms with Gasteiger partial charge in [-0.3, -0.25) is 4.79 Å². The molecule has 0 N–H and O–H groups in total. The summed E-state index contributed by atoms with van der Waals surface area (Å²) in [5.74, 6) is 1.01. The van der Waals surface area contributed by atoms with Crippen LogP contribution < -0.4 is 9.47 Å². The van der Waals surface area contributed by atoms with E-state index < -0.39 is 0 Å². The Morgan fingerprint density at radius 2 is 1.72 bits per heavy atom. The van der Waals surface area contributed by atoms with Crippen molar-refractivity contribution in [3.63, 3.8) is 0 Å². The summed E-state index contributed by atoms with van der Waals surface area (Å²) in [4.78, 5) is 12.4. The minimum atomic E-state index is -0.0322. The first-order valence-corrected chi connectivity index (χ1v) is 11.2. The van der Waals surface area contributed by atoms with Crippen LogP contribution in [0, 0.1) is 6.92 Å². The van der Waals surface area contributed by atoms with Crippen molar-refractivity contribution in [2.45, 2.75) is 39.5 Å². The van der Waals surface area contributed by atoms with Crippen molar-refractivity contribution in [1.29, 1.82) is 0 Å². The number of alkyl halides is 1. The van der Waals surface area contributed by atoms with Gasteiger partial charge in [-0.1, -0.05) is 46.3 Å². The van der Waals surface area contributed by atoms with Crippen molar-refractivity contribution in [3.05, 3.63) is 59.4 Å². The summed E-state index contributed by atoms with van der Waals surface area (Å²) in [6.07, 6.45) is 5.32. The maximum Gasteiger partial charge on any atom is 0.205 e. The molecule has 0 saturated heterocycles. The number of aryl methyl sites for hydroxylation is 2. The molecule has 0 bridgehead atoms. The van der Waals surface area contributed by atoms with Gasteiger partial charge in [0, 0.05) is 10.7 Å². The van der Waals surface area contributed by atoms with Crippen LogP contribution in [-0.2, 0) is 6.42 Å². The van der Waals surface area contributed by atoms with Gasteiger partial charge in [0.1, 0.15) is 0 Å². The van der Waals surface area contributed by atoms with E-state index >= 15 is 0 Å². The Kier molecular flexibility index (Phi) is 7.76. The van der Waals surface area contributed by atoms with Crippen molar-refractivity contribution in [3.8, 4) is 11.5 Å². The second-order valence-electron chi connectivity index (χ2n) is 7.06. The van der Waals surface area contributed by atoms with Crippen LogP contribution in [0.2, 0.25) is 0 Å². The molecule has 0 unspecified atom stereocenters. The fraction of sp³-hybridized carbons (Fsp3) is 0.375. The Morgan fingerprint density at radius 1 is 1.00 bits per heavy atom. The zero-order chi connectivity index (χ0) is 20.6. The van der Waals surface area contributed by atoms with E-state index in [9.17, 15) is 4.79 Å². The van der Waals surface area contributed by atoms with E-state index in [-0.39, 0.29) is 5.78 Å². The van der Waals surface area contributed by atoms with Gasteiger partial charge in [0.15, 0.2) is 17.1 Å². The minimum Gasteiger partial charge on any atom is -0.489 e. The van der Waals surface area contributed by atoms with E-state index in [4.69, 9.17) is 13.9 Å². The monoisotopic (exact) mass is 458 g/mol. The molecule has 0 aliphatic carbocycles. The molecule has 0 fully saturated rings. The second-order valence-corrected chi connectivity index (χ2v) is 7.85. The van der Waals surface area contributed by atoms with E-state index in [1.807, 2.05) is 31.2 Å². The van der Waals surface area contributed by atoms with Gasteiger partial charge >= 0.3 is 0 Å². The Bertz CT molecular complexity index is 946. The predicted molar refractivity (Wildman–Crippen MR) is 120 cm³/mol. The topological polar surface area (TPSA) is 48.7 Å². The van der Waals surface area contributed by atoms with E-state index in [1.165, 1.54) is 5.56 Å². The van der Waals surface area contributed by atoms with E-state index in [1.54, 1.807) is 13.2 Å². The molecule has 0 aliphatic rings. The number of carbonyl (C=O) groups excluding carboxylic acids is 1. The fourth-order valence-corrected chi connectivity index (χ4v) is 3.86. The zero-order valence-corrected chi connectivity index (χ0v) is 18.6. The lowest BCUT2D eigenvalue weighted by Crippen LogP contribution is -2.09. The molecule has 3 aromatic rings. The standard InChI is InChI=1S/C24H27BrO4/c1-17-20-12-16-29-22(20)24(28-15-8-11-19-9-4-3-5-10-19)23(21(17)18(2)26)27-14-7-6-13-25/h3-5,9-10,12,16H,6-8,11,13-15H2,1-2H3. The molecular formula is C24H27BrO4. The Morgan fingerprint density at radius 3 is 2.45 bits per heavy atom. The molecule has 154 valence electrons. The smallest absolute Gasteiger partial charge is 0.205 e. The molecule has 1 aromatic heterocycles. The number of unbranched alkanes of at least 4 members (excludes halogenated alkanes) is 1. The first kappa shape index (κ1) is 21.4. The van der Waals surface area contributed by atoms with Crippen LogP contribution in [0.15, 0.2) is 47.1 Å². The summed E-state index contributed by atoms with van der Waals surface area (Å²) in [6.45, 7) is 4.54. The number of Topliss-reactive ketones (excluding diaryl/α,β-unsaturated/α-hetero) is 1. The number of hydrogen-bond acceptors (Lipinski definition) is 4. The lowest BCUT2D eigenvalue weighted by Gasteiger charge is -2.18. The molecule has 0 atom stereocenters. The molecular weight excluding hydrogens is 432 g/mol. The highest BCUT2D eigenvalue weighted by Gasteiger charge is 2.24. The van der Waals surface area contributed by atoms with Crippen molar-refractivity contribution >= 4 is 32.7 Å². The highest BCUT2D eigenvalue weighted by Crippen LogP contribution is 2.43. The molecule has 29 heavy (non-hydrogen) atoms. The van der Waals surface area contributed by atoms with Gasteiger partial charge in [-0.25, -0.2) is 0 Å². The van der Waals surface area contributed by atoms with Crippen molar-refractivity contribution < 1.29 is 18.7 Å². The number of rotatable bonds is 11. The summed E-state index contributed by atoms with van der Waals surface area (Å²) in [5.41, 5.74) is 3.37. The summed E-state index contributed by atoms with van der Waals surface area (Å²) >= 11 is 3.44. The van der Waals surface area contributed by atoms with E-state index in [0.29, 0.717) is 35.9 Å². The summed E-state index contributed by atoms with van der Waals surface area (Å²) < 4.78 is 18.0. The van der Waals surface area contributed by atoms with E-state index in [2.05, 4.69) is 28.1 Å². The molecule has 0 saturated carbocycles. The van der Waals surface area contributed by atoms with Gasteiger partial charge in [0.25, 0.3) is 0 Å². The van der Waals surface area contributed by atoms with Crippen LogP contribution in [0.25, 0.3) is 11.0 Å². The normalized spacial score (nSPS) is 11.0. The number of furan rings is 1. The zero-order valence-electron chi connectivity index (χ0n) is 17.0. The average molecular weight is 459 g/mol. The van der Waals surface area contributed by atoms with Gasteiger partial charge in [0.05, 0.1) is 25.0 Å². The third kappa shape index (κ3) is 5.21. The highest BCUT2D eigenvalue weighted by molar-refractivity contribution is 9.09. The molecule has 2 aromatic carbocycles. The van der Waals surface area contributed by atoms with Crippen molar-refractivity contribution in [2.24, 2.45) is 0 Å². The molecule has 3 rings (SSSR count). The number of fused-ring (bicyclic) bond motifs is 1. The summed E-state index contributed by atoms with van der Waals surface area (Å²) in [5, 5.41) is 1.82. The average Bonchev–Trinajstić information content (AvgIpc) is 3.21. The number of halogens is 1. The molecule has 0 amide bonds. The number of hydrogen-bond donors (Lipinski definition) is 0. The number of benzene rings is 2. The molecule has 5 heteroatoms. The molecule has 0 radical (unpaired) electrons. The van der Waals surface area contributed by atoms with Gasteiger partial charge in [-0.2, -0.15) is 0 Å². The fourth-order valence-electron chi connectivity index (χ4n) is 3.46. The lowest BCUT2D eigenvalue weighted by atomic mass is 9.99. The number of ketones is 1. The van der Waals surface area contributed by atoms with E-state index in [0.717, 1.165) is 42.0 Å².